The molecule has 0 saturated heterocycles. The minimum absolute atomic E-state index is 0.0394. The highest BCUT2D eigenvalue weighted by molar-refractivity contribution is 5.90. The van der Waals surface area contributed by atoms with Gasteiger partial charge in [0.1, 0.15) is 5.69 Å². The Labute approximate surface area is 152 Å². The fourth-order valence-electron chi connectivity index (χ4n) is 4.71. The first-order valence-corrected chi connectivity index (χ1v) is 8.83. The lowest BCUT2D eigenvalue weighted by Gasteiger charge is -2.39. The zero-order valence-corrected chi connectivity index (χ0v) is 15.6. The van der Waals surface area contributed by atoms with Gasteiger partial charge in [0.15, 0.2) is 6.61 Å². The molecule has 0 radical (unpaired) electrons. The summed E-state index contributed by atoms with van der Waals surface area (Å²) in [6.45, 7) is 6.36. The molecule has 2 aliphatic carbocycles. The standard InChI is InChI=1S/C18H25N3O5/c1-17(2)11-5-6-18(17,3)14(7-11)19-15(22)10-26-16(23)13-8-12(21(24)25)9-20(13)4/h8-9,11,14H,5-7,10H2,1-4H3,(H,19,22). The van der Waals surface area contributed by atoms with E-state index in [4.69, 9.17) is 4.74 Å². The van der Waals surface area contributed by atoms with E-state index in [1.54, 1.807) is 0 Å². The molecule has 2 bridgehead atoms. The Morgan fingerprint density at radius 2 is 2.12 bits per heavy atom. The molecule has 142 valence electrons. The summed E-state index contributed by atoms with van der Waals surface area (Å²) in [5.74, 6) is -0.490. The highest BCUT2D eigenvalue weighted by atomic mass is 16.6. The van der Waals surface area contributed by atoms with E-state index in [1.807, 2.05) is 0 Å². The first-order valence-electron chi connectivity index (χ1n) is 8.83. The van der Waals surface area contributed by atoms with E-state index in [9.17, 15) is 19.7 Å². The van der Waals surface area contributed by atoms with Crippen molar-refractivity contribution in [2.45, 2.75) is 46.1 Å². The lowest BCUT2D eigenvalue weighted by molar-refractivity contribution is -0.384. The molecule has 26 heavy (non-hydrogen) atoms. The second kappa shape index (κ2) is 6.10. The van der Waals surface area contributed by atoms with Crippen LogP contribution in [0, 0.1) is 26.9 Å². The predicted molar refractivity (Wildman–Crippen MR) is 93.5 cm³/mol. The zero-order chi connectivity index (χ0) is 19.3. The lowest BCUT2D eigenvalue weighted by atomic mass is 9.69. The molecule has 2 saturated carbocycles. The van der Waals surface area contributed by atoms with Gasteiger partial charge in [-0.3, -0.25) is 14.9 Å². The summed E-state index contributed by atoms with van der Waals surface area (Å²) in [5, 5.41) is 13.8. The van der Waals surface area contributed by atoms with Crippen LogP contribution in [0.5, 0.6) is 0 Å². The number of hydrogen-bond donors (Lipinski definition) is 1. The van der Waals surface area contributed by atoms with Crippen LogP contribution < -0.4 is 5.32 Å². The summed E-state index contributed by atoms with van der Waals surface area (Å²) in [6.07, 6.45) is 4.46. The summed E-state index contributed by atoms with van der Waals surface area (Å²) >= 11 is 0. The second-order valence-electron chi connectivity index (χ2n) is 8.26. The van der Waals surface area contributed by atoms with Crippen molar-refractivity contribution >= 4 is 17.6 Å². The van der Waals surface area contributed by atoms with Gasteiger partial charge < -0.3 is 14.6 Å². The highest BCUT2D eigenvalue weighted by Gasteiger charge is 2.61. The summed E-state index contributed by atoms with van der Waals surface area (Å²) in [7, 11) is 1.52. The number of esters is 1. The third-order valence-electron chi connectivity index (χ3n) is 6.87. The third-order valence-corrected chi connectivity index (χ3v) is 6.87. The Morgan fingerprint density at radius 3 is 2.62 bits per heavy atom. The largest absolute Gasteiger partial charge is 0.451 e. The van der Waals surface area contributed by atoms with Gasteiger partial charge in [-0.15, -0.1) is 0 Å². The Bertz CT molecular complexity index is 769. The van der Waals surface area contributed by atoms with Crippen LogP contribution in [0.3, 0.4) is 0 Å². The van der Waals surface area contributed by atoms with E-state index in [0.29, 0.717) is 5.92 Å². The van der Waals surface area contributed by atoms with Crippen molar-refractivity contribution in [3.63, 3.8) is 0 Å². The monoisotopic (exact) mass is 363 g/mol. The number of rotatable bonds is 5. The normalized spacial score (nSPS) is 28.8. The van der Waals surface area contributed by atoms with E-state index in [0.717, 1.165) is 18.9 Å². The molecular formula is C18H25N3O5. The topological polar surface area (TPSA) is 103 Å². The van der Waals surface area contributed by atoms with E-state index in [2.05, 4.69) is 26.1 Å². The van der Waals surface area contributed by atoms with Gasteiger partial charge in [0.2, 0.25) is 0 Å². The van der Waals surface area contributed by atoms with Gasteiger partial charge in [0.25, 0.3) is 11.6 Å². The first kappa shape index (κ1) is 18.4. The number of nitro groups is 1. The maximum Gasteiger partial charge on any atom is 0.355 e. The molecule has 1 aromatic heterocycles. The minimum Gasteiger partial charge on any atom is -0.451 e. The molecule has 1 heterocycles. The molecule has 3 rings (SSSR count). The van der Waals surface area contributed by atoms with Crippen molar-refractivity contribution in [1.82, 2.24) is 9.88 Å². The molecular weight excluding hydrogens is 338 g/mol. The number of nitrogens with zero attached hydrogens (tertiary/aromatic N) is 2. The minimum atomic E-state index is -0.754. The predicted octanol–water partition coefficient (Wildman–Crippen LogP) is 2.42. The van der Waals surface area contributed by atoms with Gasteiger partial charge in [-0.1, -0.05) is 20.8 Å². The lowest BCUT2D eigenvalue weighted by Crippen LogP contribution is -2.48. The fraction of sp³-hybridized carbons (Fsp3) is 0.667. The van der Waals surface area contributed by atoms with Crippen molar-refractivity contribution in [3.05, 3.63) is 28.1 Å². The van der Waals surface area contributed by atoms with Gasteiger partial charge in [-0.25, -0.2) is 4.79 Å². The molecule has 8 nitrogen and oxygen atoms in total. The summed E-state index contributed by atoms with van der Waals surface area (Å²) < 4.78 is 6.36. The van der Waals surface area contributed by atoms with Crippen molar-refractivity contribution in [3.8, 4) is 0 Å². The van der Waals surface area contributed by atoms with Crippen LogP contribution in [0.2, 0.25) is 0 Å². The molecule has 0 aliphatic heterocycles. The quantitative estimate of drug-likeness (QED) is 0.491. The fourth-order valence-corrected chi connectivity index (χ4v) is 4.71. The summed E-state index contributed by atoms with van der Waals surface area (Å²) in [4.78, 5) is 34.5. The number of amides is 1. The zero-order valence-electron chi connectivity index (χ0n) is 15.6. The number of nitrogens with one attached hydrogen (secondary N) is 1. The van der Waals surface area contributed by atoms with Gasteiger partial charge in [-0.2, -0.15) is 0 Å². The average molecular weight is 363 g/mol. The van der Waals surface area contributed by atoms with Crippen LogP contribution in [0.15, 0.2) is 12.3 Å². The SMILES string of the molecule is Cn1cc([N+](=O)[O-])cc1C(=O)OCC(=O)NC1CC2CCC1(C)C2(C)C. The molecule has 0 aromatic carbocycles. The van der Waals surface area contributed by atoms with Gasteiger partial charge in [0, 0.05) is 19.2 Å². The number of carbonyl (C=O) groups is 2. The molecule has 1 aromatic rings. The number of carbonyl (C=O) groups excluding carboxylic acids is 2. The Kier molecular flexibility index (Phi) is 4.32. The third kappa shape index (κ3) is 2.77. The Balaban J connectivity index is 1.57. The van der Waals surface area contributed by atoms with Crippen LogP contribution in [0.4, 0.5) is 5.69 Å². The van der Waals surface area contributed by atoms with Crippen LogP contribution in [0.1, 0.15) is 50.5 Å². The molecule has 1 N–H and O–H groups in total. The average Bonchev–Trinajstić information content (AvgIpc) is 3.11. The highest BCUT2D eigenvalue weighted by Crippen LogP contribution is 2.65. The molecule has 3 unspecified atom stereocenters. The van der Waals surface area contributed by atoms with Crippen LogP contribution in [0.25, 0.3) is 0 Å². The van der Waals surface area contributed by atoms with Gasteiger partial charge in [0.05, 0.1) is 11.1 Å². The van der Waals surface area contributed by atoms with E-state index in [-0.39, 0.29) is 34.2 Å². The van der Waals surface area contributed by atoms with Crippen molar-refractivity contribution < 1.29 is 19.2 Å². The van der Waals surface area contributed by atoms with Gasteiger partial charge >= 0.3 is 5.97 Å². The van der Waals surface area contributed by atoms with Crippen LogP contribution in [-0.2, 0) is 16.6 Å². The maximum absolute atomic E-state index is 12.3. The van der Waals surface area contributed by atoms with Gasteiger partial charge in [-0.05, 0) is 36.0 Å². The number of fused-ring (bicyclic) bond motifs is 2. The van der Waals surface area contributed by atoms with Crippen molar-refractivity contribution in [2.75, 3.05) is 6.61 Å². The number of ether oxygens (including phenoxy) is 1. The maximum atomic E-state index is 12.3. The summed E-state index contributed by atoms with van der Waals surface area (Å²) in [5.41, 5.74) is 0.0817. The molecule has 2 fully saturated rings. The Morgan fingerprint density at radius 1 is 1.42 bits per heavy atom. The van der Waals surface area contributed by atoms with E-state index < -0.39 is 17.5 Å². The molecule has 2 aliphatic rings. The Hall–Kier alpha value is -2.38. The van der Waals surface area contributed by atoms with Crippen molar-refractivity contribution in [1.29, 1.82) is 0 Å². The smallest absolute Gasteiger partial charge is 0.355 e. The molecule has 8 heteroatoms. The van der Waals surface area contributed by atoms with E-state index >= 15 is 0 Å². The summed E-state index contributed by atoms with van der Waals surface area (Å²) in [6, 6.07) is 1.22. The second-order valence-corrected chi connectivity index (χ2v) is 8.26. The number of hydrogen-bond acceptors (Lipinski definition) is 5. The first-order chi connectivity index (χ1) is 12.1. The van der Waals surface area contributed by atoms with E-state index in [1.165, 1.54) is 24.2 Å². The number of aromatic nitrogens is 1. The van der Waals surface area contributed by atoms with Crippen LogP contribution in [-0.4, -0.2) is 34.0 Å². The molecule has 3 atom stereocenters. The molecule has 1 amide bonds. The molecule has 0 spiro atoms. The van der Waals surface area contributed by atoms with Crippen molar-refractivity contribution in [2.24, 2.45) is 23.8 Å². The number of aryl methyl sites for hydroxylation is 1. The van der Waals surface area contributed by atoms with Crippen LogP contribution >= 0.6 is 0 Å².